The Kier molecular flexibility index (Phi) is 6.67. The fourth-order valence-corrected chi connectivity index (χ4v) is 5.98. The molecular weight excluding hydrogens is 398 g/mol. The van der Waals surface area contributed by atoms with Gasteiger partial charge in [-0.2, -0.15) is 0 Å². The van der Waals surface area contributed by atoms with Gasteiger partial charge in [-0.05, 0) is 56.6 Å². The van der Waals surface area contributed by atoms with Crippen molar-refractivity contribution < 1.29 is 4.79 Å². The molecule has 0 bridgehead atoms. The summed E-state index contributed by atoms with van der Waals surface area (Å²) in [4.78, 5) is 23.1. The van der Waals surface area contributed by atoms with Gasteiger partial charge < -0.3 is 19.7 Å². The Morgan fingerprint density at radius 1 is 0.969 bits per heavy atom. The predicted octanol–water partition coefficient (Wildman–Crippen LogP) is 4.34. The van der Waals surface area contributed by atoms with Gasteiger partial charge in [-0.15, -0.1) is 0 Å². The molecule has 0 unspecified atom stereocenters. The first-order valence-corrected chi connectivity index (χ1v) is 12.9. The lowest BCUT2D eigenvalue weighted by molar-refractivity contribution is 0.0907. The van der Waals surface area contributed by atoms with Gasteiger partial charge in [-0.1, -0.05) is 25.7 Å². The maximum Gasteiger partial charge on any atom is 0.253 e. The lowest BCUT2D eigenvalue weighted by atomic mass is 10.0. The van der Waals surface area contributed by atoms with Gasteiger partial charge in [0, 0.05) is 57.4 Å². The number of aromatic nitrogens is 2. The number of anilines is 1. The summed E-state index contributed by atoms with van der Waals surface area (Å²) in [7, 11) is 2.00. The second kappa shape index (κ2) is 9.82. The summed E-state index contributed by atoms with van der Waals surface area (Å²) in [5.74, 6) is 2.00. The largest absolute Gasteiger partial charge is 0.357 e. The van der Waals surface area contributed by atoms with E-state index in [1.807, 2.05) is 17.8 Å². The van der Waals surface area contributed by atoms with Gasteiger partial charge in [0.2, 0.25) is 0 Å². The van der Waals surface area contributed by atoms with Crippen LogP contribution in [0.5, 0.6) is 0 Å². The molecule has 174 valence electrons. The second-order valence-corrected chi connectivity index (χ2v) is 10.3. The van der Waals surface area contributed by atoms with Gasteiger partial charge >= 0.3 is 0 Å². The molecule has 2 aromatic heterocycles. The van der Waals surface area contributed by atoms with Crippen LogP contribution >= 0.6 is 0 Å². The van der Waals surface area contributed by atoms with Gasteiger partial charge in [0.15, 0.2) is 0 Å². The standard InChI is InChI=1S/C26H39N5O/c1-29-19-23(22-10-11-24(28-25(22)29)31-14-6-2-3-7-15-31)26(32)27-21-12-16-30(17-13-21)18-20-8-4-5-9-20/h10-11,19-21H,2-9,12-18H2,1H3,(H,27,32). The minimum Gasteiger partial charge on any atom is -0.357 e. The highest BCUT2D eigenvalue weighted by molar-refractivity contribution is 6.06. The molecule has 1 saturated carbocycles. The predicted molar refractivity (Wildman–Crippen MR) is 130 cm³/mol. The van der Waals surface area contributed by atoms with Crippen molar-refractivity contribution in [2.45, 2.75) is 70.3 Å². The zero-order valence-corrected chi connectivity index (χ0v) is 19.7. The van der Waals surface area contributed by atoms with Crippen molar-refractivity contribution in [3.05, 3.63) is 23.9 Å². The first kappa shape index (κ1) is 21.7. The Bertz CT molecular complexity index is 916. The number of hydrogen-bond acceptors (Lipinski definition) is 4. The number of rotatable bonds is 5. The Morgan fingerprint density at radius 3 is 2.41 bits per heavy atom. The van der Waals surface area contributed by atoms with Crippen LogP contribution in [0.2, 0.25) is 0 Å². The molecule has 4 heterocycles. The third-order valence-electron chi connectivity index (χ3n) is 7.90. The third kappa shape index (κ3) is 4.80. The van der Waals surface area contributed by atoms with Gasteiger partial charge in [0.05, 0.1) is 5.56 Å². The van der Waals surface area contributed by atoms with Crippen LogP contribution in [-0.2, 0) is 7.05 Å². The number of nitrogens with zero attached hydrogens (tertiary/aromatic N) is 4. The summed E-state index contributed by atoms with van der Waals surface area (Å²) in [6.07, 6.45) is 14.8. The van der Waals surface area contributed by atoms with E-state index in [2.05, 4.69) is 27.2 Å². The van der Waals surface area contributed by atoms with E-state index in [9.17, 15) is 4.79 Å². The van der Waals surface area contributed by atoms with Gasteiger partial charge in [0.1, 0.15) is 11.5 Å². The van der Waals surface area contributed by atoms with Crippen LogP contribution in [0.1, 0.15) is 74.6 Å². The first-order valence-electron chi connectivity index (χ1n) is 12.9. The Hall–Kier alpha value is -2.08. The summed E-state index contributed by atoms with van der Waals surface area (Å²) in [5.41, 5.74) is 1.66. The average molecular weight is 438 g/mol. The van der Waals surface area contributed by atoms with Crippen molar-refractivity contribution in [3.8, 4) is 0 Å². The molecule has 3 aliphatic rings. The smallest absolute Gasteiger partial charge is 0.253 e. The van der Waals surface area contributed by atoms with Crippen LogP contribution in [0.3, 0.4) is 0 Å². The second-order valence-electron chi connectivity index (χ2n) is 10.3. The number of carbonyl (C=O) groups is 1. The maximum atomic E-state index is 13.2. The van der Waals surface area contributed by atoms with Crippen molar-refractivity contribution in [2.75, 3.05) is 37.6 Å². The molecule has 1 amide bonds. The average Bonchev–Trinajstić information content (AvgIpc) is 3.33. The van der Waals surface area contributed by atoms with Crippen molar-refractivity contribution in [2.24, 2.45) is 13.0 Å². The third-order valence-corrected chi connectivity index (χ3v) is 7.90. The lowest BCUT2D eigenvalue weighted by Gasteiger charge is -2.33. The Morgan fingerprint density at radius 2 is 1.69 bits per heavy atom. The van der Waals surface area contributed by atoms with Crippen LogP contribution in [0, 0.1) is 5.92 Å². The molecule has 6 heteroatoms. The molecule has 0 atom stereocenters. The number of pyridine rings is 1. The summed E-state index contributed by atoms with van der Waals surface area (Å²) in [5, 5.41) is 4.28. The van der Waals surface area contributed by atoms with E-state index in [0.29, 0.717) is 0 Å². The monoisotopic (exact) mass is 437 g/mol. The molecular formula is C26H39N5O. The molecule has 0 spiro atoms. The molecule has 2 saturated heterocycles. The number of amides is 1. The van der Waals surface area contributed by atoms with Crippen molar-refractivity contribution >= 4 is 22.8 Å². The lowest BCUT2D eigenvalue weighted by Crippen LogP contribution is -2.45. The highest BCUT2D eigenvalue weighted by Gasteiger charge is 2.25. The SMILES string of the molecule is Cn1cc(C(=O)NC2CCN(CC3CCCC3)CC2)c2ccc(N3CCCCCC3)nc21. The summed E-state index contributed by atoms with van der Waals surface area (Å²) in [6.45, 7) is 5.63. The zero-order valence-electron chi connectivity index (χ0n) is 19.7. The van der Waals surface area contributed by atoms with E-state index in [1.54, 1.807) is 0 Å². The van der Waals surface area contributed by atoms with Crippen LogP contribution < -0.4 is 10.2 Å². The van der Waals surface area contributed by atoms with Gasteiger partial charge in [-0.3, -0.25) is 4.79 Å². The summed E-state index contributed by atoms with van der Waals surface area (Å²) in [6, 6.07) is 4.48. The molecule has 1 N–H and O–H groups in total. The zero-order chi connectivity index (χ0) is 21.9. The Balaban J connectivity index is 1.22. The number of piperidine rings is 1. The van der Waals surface area contributed by atoms with E-state index in [-0.39, 0.29) is 11.9 Å². The van der Waals surface area contributed by atoms with Crippen LogP contribution in [0.4, 0.5) is 5.82 Å². The number of carbonyl (C=O) groups excluding carboxylic acids is 1. The van der Waals surface area contributed by atoms with E-state index >= 15 is 0 Å². The Labute approximate surface area is 192 Å². The van der Waals surface area contributed by atoms with Gasteiger partial charge in [0.25, 0.3) is 5.91 Å². The topological polar surface area (TPSA) is 53.4 Å². The van der Waals surface area contributed by atoms with E-state index in [0.717, 1.165) is 67.4 Å². The molecule has 3 fully saturated rings. The molecule has 6 nitrogen and oxygen atoms in total. The number of hydrogen-bond donors (Lipinski definition) is 1. The number of nitrogens with one attached hydrogen (secondary N) is 1. The minimum absolute atomic E-state index is 0.0502. The van der Waals surface area contributed by atoms with Crippen LogP contribution in [0.15, 0.2) is 18.3 Å². The molecule has 2 aliphatic heterocycles. The first-order chi connectivity index (χ1) is 15.7. The van der Waals surface area contributed by atoms with E-state index < -0.39 is 0 Å². The molecule has 5 rings (SSSR count). The highest BCUT2D eigenvalue weighted by Crippen LogP contribution is 2.27. The quantitative estimate of drug-likeness (QED) is 0.756. The van der Waals surface area contributed by atoms with Crippen molar-refractivity contribution in [1.82, 2.24) is 19.8 Å². The van der Waals surface area contributed by atoms with Gasteiger partial charge in [-0.25, -0.2) is 4.98 Å². The molecule has 0 aromatic carbocycles. The van der Waals surface area contributed by atoms with Crippen molar-refractivity contribution in [3.63, 3.8) is 0 Å². The summed E-state index contributed by atoms with van der Waals surface area (Å²) < 4.78 is 2.01. The highest BCUT2D eigenvalue weighted by atomic mass is 16.1. The molecule has 2 aromatic rings. The van der Waals surface area contributed by atoms with E-state index in [1.165, 1.54) is 57.9 Å². The fraction of sp³-hybridized carbons (Fsp3) is 0.692. The number of likely N-dealkylation sites (tertiary alicyclic amines) is 1. The molecule has 0 radical (unpaired) electrons. The summed E-state index contributed by atoms with van der Waals surface area (Å²) >= 11 is 0. The fourth-order valence-electron chi connectivity index (χ4n) is 5.98. The van der Waals surface area contributed by atoms with Crippen LogP contribution in [-0.4, -0.2) is 59.1 Å². The number of fused-ring (bicyclic) bond motifs is 1. The van der Waals surface area contributed by atoms with Crippen molar-refractivity contribution in [1.29, 1.82) is 0 Å². The molecule has 1 aliphatic carbocycles. The maximum absolute atomic E-state index is 13.2. The normalized spacial score (nSPS) is 21.8. The number of aryl methyl sites for hydroxylation is 1. The van der Waals surface area contributed by atoms with Crippen LogP contribution in [0.25, 0.3) is 11.0 Å². The van der Waals surface area contributed by atoms with E-state index in [4.69, 9.17) is 4.98 Å². The minimum atomic E-state index is 0.0502. The molecule has 32 heavy (non-hydrogen) atoms.